The van der Waals surface area contributed by atoms with Crippen molar-refractivity contribution in [3.05, 3.63) is 88.4 Å². The summed E-state index contributed by atoms with van der Waals surface area (Å²) in [6.45, 7) is -0.384. The molecule has 28 heavy (non-hydrogen) atoms. The van der Waals surface area contributed by atoms with Gasteiger partial charge in [0.05, 0.1) is 10.6 Å². The van der Waals surface area contributed by atoms with Crippen molar-refractivity contribution < 1.29 is 13.2 Å². The van der Waals surface area contributed by atoms with E-state index in [-0.39, 0.29) is 11.4 Å². The minimum absolute atomic E-state index is 0.0974. The summed E-state index contributed by atoms with van der Waals surface area (Å²) in [5, 5.41) is 3.19. The van der Waals surface area contributed by atoms with E-state index in [2.05, 4.69) is 21.2 Å². The highest BCUT2D eigenvalue weighted by Gasteiger charge is 2.27. The van der Waals surface area contributed by atoms with E-state index in [1.54, 1.807) is 60.7 Å². The molecule has 3 aromatic rings. The number of amides is 1. The minimum Gasteiger partial charge on any atom is -0.324 e. The van der Waals surface area contributed by atoms with E-state index in [1.807, 2.05) is 6.07 Å². The fourth-order valence-corrected chi connectivity index (χ4v) is 4.51. The summed E-state index contributed by atoms with van der Waals surface area (Å²) in [6.07, 6.45) is 0. The van der Waals surface area contributed by atoms with Crippen molar-refractivity contribution in [2.24, 2.45) is 0 Å². The first kappa shape index (κ1) is 20.4. The maximum Gasteiger partial charge on any atom is 0.264 e. The Labute approximate surface area is 177 Å². The van der Waals surface area contributed by atoms with E-state index in [1.165, 1.54) is 12.1 Å². The molecule has 0 heterocycles. The Morgan fingerprint density at radius 3 is 2.29 bits per heavy atom. The fraction of sp³-hybridized carbons (Fsp3) is 0.0500. The Morgan fingerprint density at radius 2 is 1.64 bits per heavy atom. The predicted octanol–water partition coefficient (Wildman–Crippen LogP) is 4.94. The van der Waals surface area contributed by atoms with E-state index in [4.69, 9.17) is 11.6 Å². The normalized spacial score (nSPS) is 11.1. The van der Waals surface area contributed by atoms with Gasteiger partial charge >= 0.3 is 0 Å². The number of nitrogens with zero attached hydrogens (tertiary/aromatic N) is 1. The zero-order valence-corrected chi connectivity index (χ0v) is 17.7. The van der Waals surface area contributed by atoms with Crippen molar-refractivity contribution in [1.82, 2.24) is 0 Å². The van der Waals surface area contributed by atoms with Gasteiger partial charge < -0.3 is 5.32 Å². The van der Waals surface area contributed by atoms with Crippen molar-refractivity contribution in [1.29, 1.82) is 0 Å². The number of carbonyl (C=O) groups excluding carboxylic acids is 1. The van der Waals surface area contributed by atoms with Crippen molar-refractivity contribution in [3.8, 4) is 0 Å². The smallest absolute Gasteiger partial charge is 0.264 e. The molecule has 0 unspecified atom stereocenters. The molecule has 3 rings (SSSR count). The number of nitrogens with one attached hydrogen (secondary N) is 1. The lowest BCUT2D eigenvalue weighted by atomic mass is 10.3. The molecule has 0 aliphatic rings. The quantitative estimate of drug-likeness (QED) is 0.545. The van der Waals surface area contributed by atoms with Crippen LogP contribution in [0.25, 0.3) is 0 Å². The summed E-state index contributed by atoms with van der Waals surface area (Å²) in [6, 6.07) is 21.3. The number of benzene rings is 3. The third-order valence-corrected chi connectivity index (χ3v) is 6.37. The van der Waals surface area contributed by atoms with Crippen LogP contribution in [-0.2, 0) is 14.8 Å². The Bertz CT molecular complexity index is 1070. The molecule has 8 heteroatoms. The molecule has 0 saturated carbocycles. The van der Waals surface area contributed by atoms with Gasteiger partial charge in [-0.25, -0.2) is 8.42 Å². The van der Waals surface area contributed by atoms with Gasteiger partial charge in [0.15, 0.2) is 0 Å². The number of hydrogen-bond donors (Lipinski definition) is 1. The summed E-state index contributed by atoms with van der Waals surface area (Å²) >= 11 is 9.26. The van der Waals surface area contributed by atoms with Gasteiger partial charge in [-0.15, -0.1) is 0 Å². The van der Waals surface area contributed by atoms with Crippen LogP contribution in [0.5, 0.6) is 0 Å². The van der Waals surface area contributed by atoms with Gasteiger partial charge in [-0.2, -0.15) is 0 Å². The Balaban J connectivity index is 1.92. The van der Waals surface area contributed by atoms with Gasteiger partial charge in [0, 0.05) is 15.2 Å². The van der Waals surface area contributed by atoms with Crippen LogP contribution in [0.1, 0.15) is 0 Å². The largest absolute Gasteiger partial charge is 0.324 e. The maximum atomic E-state index is 13.2. The highest BCUT2D eigenvalue weighted by molar-refractivity contribution is 9.10. The second-order valence-electron chi connectivity index (χ2n) is 5.86. The molecule has 0 saturated heterocycles. The molecule has 0 aliphatic heterocycles. The predicted molar refractivity (Wildman–Crippen MR) is 115 cm³/mol. The fourth-order valence-electron chi connectivity index (χ4n) is 2.54. The Hall–Kier alpha value is -2.35. The summed E-state index contributed by atoms with van der Waals surface area (Å²) in [4.78, 5) is 12.7. The van der Waals surface area contributed by atoms with Gasteiger partial charge in [-0.05, 0) is 54.6 Å². The monoisotopic (exact) mass is 478 g/mol. The molecule has 144 valence electrons. The molecular weight excluding hydrogens is 464 g/mol. The number of anilines is 2. The molecule has 0 bridgehead atoms. The number of halogens is 2. The van der Waals surface area contributed by atoms with Gasteiger partial charge in [0.1, 0.15) is 6.54 Å². The molecular formula is C20H16BrClN2O3S. The van der Waals surface area contributed by atoms with Crippen LogP contribution in [0.4, 0.5) is 11.4 Å². The number of carbonyl (C=O) groups is 1. The van der Waals surface area contributed by atoms with E-state index >= 15 is 0 Å². The van der Waals surface area contributed by atoms with E-state index in [0.717, 1.165) is 8.78 Å². The van der Waals surface area contributed by atoms with Gasteiger partial charge in [-0.1, -0.05) is 51.8 Å². The average molecular weight is 480 g/mol. The minimum atomic E-state index is -3.94. The van der Waals surface area contributed by atoms with E-state index in [9.17, 15) is 13.2 Å². The highest BCUT2D eigenvalue weighted by atomic mass is 79.9. The first-order chi connectivity index (χ1) is 13.4. The van der Waals surface area contributed by atoms with Crippen LogP contribution in [0.2, 0.25) is 5.02 Å². The van der Waals surface area contributed by atoms with Crippen LogP contribution in [-0.4, -0.2) is 20.9 Å². The average Bonchev–Trinajstić information content (AvgIpc) is 2.67. The summed E-state index contributed by atoms with van der Waals surface area (Å²) < 4.78 is 28.2. The zero-order valence-electron chi connectivity index (χ0n) is 14.5. The SMILES string of the molecule is O=C(CN(c1ccc(Cl)cc1)S(=O)(=O)c1ccccc1)Nc1cccc(Br)c1. The maximum absolute atomic E-state index is 13.2. The first-order valence-corrected chi connectivity index (χ1v) is 10.9. The molecule has 0 spiro atoms. The second-order valence-corrected chi connectivity index (χ2v) is 9.07. The topological polar surface area (TPSA) is 66.5 Å². The standard InChI is InChI=1S/C20H16BrClN2O3S/c21-15-5-4-6-17(13-15)23-20(25)14-24(18-11-9-16(22)10-12-18)28(26,27)19-7-2-1-3-8-19/h1-13H,14H2,(H,23,25). The van der Waals surface area contributed by atoms with Crippen molar-refractivity contribution in [2.45, 2.75) is 4.90 Å². The lowest BCUT2D eigenvalue weighted by Gasteiger charge is -2.24. The molecule has 0 radical (unpaired) electrons. The van der Waals surface area contributed by atoms with Crippen LogP contribution in [0.3, 0.4) is 0 Å². The van der Waals surface area contributed by atoms with Crippen molar-refractivity contribution >= 4 is 54.8 Å². The lowest BCUT2D eigenvalue weighted by Crippen LogP contribution is -2.38. The lowest BCUT2D eigenvalue weighted by molar-refractivity contribution is -0.114. The Morgan fingerprint density at radius 1 is 0.964 bits per heavy atom. The zero-order chi connectivity index (χ0) is 20.1. The molecule has 0 fully saturated rings. The van der Waals surface area contributed by atoms with Gasteiger partial charge in [0.2, 0.25) is 5.91 Å². The highest BCUT2D eigenvalue weighted by Crippen LogP contribution is 2.25. The van der Waals surface area contributed by atoms with Crippen LogP contribution < -0.4 is 9.62 Å². The van der Waals surface area contributed by atoms with E-state index in [0.29, 0.717) is 16.4 Å². The number of hydrogen-bond acceptors (Lipinski definition) is 3. The van der Waals surface area contributed by atoms with Crippen LogP contribution in [0.15, 0.2) is 88.2 Å². The summed E-state index contributed by atoms with van der Waals surface area (Å²) in [7, 11) is -3.94. The molecule has 0 atom stereocenters. The first-order valence-electron chi connectivity index (χ1n) is 8.25. The third-order valence-electron chi connectivity index (χ3n) is 3.84. The molecule has 5 nitrogen and oxygen atoms in total. The Kier molecular flexibility index (Phi) is 6.39. The summed E-state index contributed by atoms with van der Waals surface area (Å²) in [5.74, 6) is -0.465. The number of sulfonamides is 1. The van der Waals surface area contributed by atoms with Crippen LogP contribution >= 0.6 is 27.5 Å². The summed E-state index contributed by atoms with van der Waals surface area (Å²) in [5.41, 5.74) is 0.908. The molecule has 1 amide bonds. The van der Waals surface area contributed by atoms with E-state index < -0.39 is 15.9 Å². The molecule has 0 aliphatic carbocycles. The van der Waals surface area contributed by atoms with Crippen molar-refractivity contribution in [3.63, 3.8) is 0 Å². The molecule has 1 N–H and O–H groups in total. The second kappa shape index (κ2) is 8.77. The van der Waals surface area contributed by atoms with Gasteiger partial charge in [0.25, 0.3) is 10.0 Å². The number of rotatable bonds is 6. The molecule has 3 aromatic carbocycles. The van der Waals surface area contributed by atoms with Crippen molar-refractivity contribution in [2.75, 3.05) is 16.2 Å². The van der Waals surface area contributed by atoms with Gasteiger partial charge in [-0.3, -0.25) is 9.10 Å². The third kappa shape index (κ3) is 4.92. The molecule has 0 aromatic heterocycles. The van der Waals surface area contributed by atoms with Crippen LogP contribution in [0, 0.1) is 0 Å².